The molecule has 16 heteroatoms. The number of aliphatic carboxylic acids is 1. The Labute approximate surface area is 252 Å². The van der Waals surface area contributed by atoms with E-state index in [1.807, 2.05) is 27.7 Å². The fourth-order valence-corrected chi connectivity index (χ4v) is 4.05. The van der Waals surface area contributed by atoms with E-state index in [9.17, 15) is 33.9 Å². The van der Waals surface area contributed by atoms with E-state index >= 15 is 0 Å². The molecule has 0 saturated carbocycles. The Hall–Kier alpha value is -3.79. The van der Waals surface area contributed by atoms with Crippen molar-refractivity contribution in [1.29, 1.82) is 0 Å². The van der Waals surface area contributed by atoms with Crippen LogP contribution in [0, 0.1) is 11.8 Å². The minimum absolute atomic E-state index is 0.0270. The quantitative estimate of drug-likeness (QED) is 0.0380. The number of nitrogens with zero attached hydrogens (tertiary/aromatic N) is 1. The zero-order chi connectivity index (χ0) is 33.3. The predicted octanol–water partition coefficient (Wildman–Crippen LogP) is -2.19. The van der Waals surface area contributed by atoms with E-state index in [0.717, 1.165) is 0 Å². The van der Waals surface area contributed by atoms with Crippen molar-refractivity contribution in [3.63, 3.8) is 0 Å². The molecule has 5 atom stereocenters. The Bertz CT molecular complexity index is 984. The number of amides is 4. The average Bonchev–Trinajstić information content (AvgIpc) is 2.88. The van der Waals surface area contributed by atoms with Crippen LogP contribution in [0.4, 0.5) is 0 Å². The lowest BCUT2D eigenvalue weighted by Crippen LogP contribution is -2.58. The van der Waals surface area contributed by atoms with Gasteiger partial charge in [0.2, 0.25) is 23.6 Å². The van der Waals surface area contributed by atoms with E-state index in [4.69, 9.17) is 22.9 Å². The Morgan fingerprint density at radius 2 is 1.28 bits per heavy atom. The van der Waals surface area contributed by atoms with Gasteiger partial charge in [0.05, 0.1) is 18.5 Å². The molecule has 0 aliphatic carbocycles. The number of guanidine groups is 1. The molecule has 1 unspecified atom stereocenters. The van der Waals surface area contributed by atoms with Gasteiger partial charge in [-0.25, -0.2) is 0 Å². The zero-order valence-corrected chi connectivity index (χ0v) is 25.9. The molecule has 0 radical (unpaired) electrons. The second-order valence-corrected chi connectivity index (χ2v) is 11.3. The Kier molecular flexibility index (Phi) is 18.4. The lowest BCUT2D eigenvalue weighted by atomic mass is 10.00. The summed E-state index contributed by atoms with van der Waals surface area (Å²) >= 11 is 0. The van der Waals surface area contributed by atoms with Crippen molar-refractivity contribution in [3.05, 3.63) is 0 Å². The number of rotatable bonds is 21. The van der Waals surface area contributed by atoms with E-state index in [1.54, 1.807) is 0 Å². The van der Waals surface area contributed by atoms with E-state index < -0.39 is 72.0 Å². The minimum Gasteiger partial charge on any atom is -0.481 e. The van der Waals surface area contributed by atoms with Gasteiger partial charge in [-0.2, -0.15) is 0 Å². The predicted molar refractivity (Wildman–Crippen MR) is 161 cm³/mol. The third-order valence-electron chi connectivity index (χ3n) is 6.21. The number of aliphatic imine (C=N–C) groups is 1. The minimum atomic E-state index is -1.33. The number of carboxylic acid groups (broad SMARTS) is 1. The molecule has 0 aromatic rings. The van der Waals surface area contributed by atoms with Crippen LogP contribution in [0.5, 0.6) is 0 Å². The van der Waals surface area contributed by atoms with Crippen LogP contribution in [-0.4, -0.2) is 89.7 Å². The number of hydrogen-bond acceptors (Lipinski definition) is 9. The van der Waals surface area contributed by atoms with Gasteiger partial charge in [-0.05, 0) is 51.0 Å². The molecule has 0 spiro atoms. The fraction of sp³-hybridized carbons (Fsp3) is 0.741. The van der Waals surface area contributed by atoms with Crippen LogP contribution < -0.4 is 44.2 Å². The second-order valence-electron chi connectivity index (χ2n) is 11.3. The van der Waals surface area contributed by atoms with Gasteiger partial charge < -0.3 is 49.3 Å². The first kappa shape index (κ1) is 39.2. The maximum Gasteiger partial charge on any atom is 0.305 e. The largest absolute Gasteiger partial charge is 0.481 e. The Morgan fingerprint density at radius 1 is 0.744 bits per heavy atom. The van der Waals surface area contributed by atoms with Crippen molar-refractivity contribution in [3.8, 4) is 0 Å². The summed E-state index contributed by atoms with van der Waals surface area (Å²) in [5, 5.41) is 19.4. The van der Waals surface area contributed by atoms with Crippen molar-refractivity contribution in [2.75, 3.05) is 13.1 Å². The number of hydrogen-bond donors (Lipinski definition) is 9. The lowest BCUT2D eigenvalue weighted by molar-refractivity contribution is -0.140. The molecule has 4 amide bonds. The smallest absolute Gasteiger partial charge is 0.305 e. The molecule has 0 bridgehead atoms. The monoisotopic (exact) mass is 613 g/mol. The zero-order valence-electron chi connectivity index (χ0n) is 25.9. The fourth-order valence-electron chi connectivity index (χ4n) is 4.05. The van der Waals surface area contributed by atoms with Gasteiger partial charge in [0.15, 0.2) is 11.7 Å². The summed E-state index contributed by atoms with van der Waals surface area (Å²) in [5.74, 6) is -4.57. The van der Waals surface area contributed by atoms with Crippen molar-refractivity contribution in [1.82, 2.24) is 21.3 Å². The topological polar surface area (TPSA) is 287 Å². The third kappa shape index (κ3) is 17.0. The molecule has 16 nitrogen and oxygen atoms in total. The van der Waals surface area contributed by atoms with Gasteiger partial charge in [0.1, 0.15) is 18.1 Å². The summed E-state index contributed by atoms with van der Waals surface area (Å²) in [6.45, 7) is 9.01. The summed E-state index contributed by atoms with van der Waals surface area (Å²) in [7, 11) is 0. The molecular weight excluding hydrogens is 562 g/mol. The summed E-state index contributed by atoms with van der Waals surface area (Å²) in [4.78, 5) is 79.5. The number of carboxylic acids is 1. The summed E-state index contributed by atoms with van der Waals surface area (Å²) < 4.78 is 0. The first-order valence-electron chi connectivity index (χ1n) is 14.4. The van der Waals surface area contributed by atoms with Crippen molar-refractivity contribution in [2.45, 2.75) is 103 Å². The molecule has 43 heavy (non-hydrogen) atoms. The Balaban J connectivity index is 5.83. The number of carbonyl (C=O) groups is 6. The highest BCUT2D eigenvalue weighted by atomic mass is 16.4. The number of ketones is 1. The van der Waals surface area contributed by atoms with Crippen LogP contribution in [0.3, 0.4) is 0 Å². The number of nitrogens with two attached hydrogens (primary N) is 4. The maximum atomic E-state index is 13.4. The van der Waals surface area contributed by atoms with Crippen LogP contribution in [0.25, 0.3) is 0 Å². The first-order chi connectivity index (χ1) is 20.0. The molecule has 13 N–H and O–H groups in total. The van der Waals surface area contributed by atoms with E-state index in [0.29, 0.717) is 6.42 Å². The highest BCUT2D eigenvalue weighted by Crippen LogP contribution is 2.09. The number of Topliss-reactive ketones (excluding diaryl/α,β-unsaturated/α-hetero) is 1. The average molecular weight is 614 g/mol. The summed E-state index contributed by atoms with van der Waals surface area (Å²) in [6.07, 6.45) is 0.138. The van der Waals surface area contributed by atoms with E-state index in [-0.39, 0.29) is 56.6 Å². The van der Waals surface area contributed by atoms with Gasteiger partial charge in [0.25, 0.3) is 0 Å². The molecule has 0 fully saturated rings. The van der Waals surface area contributed by atoms with Crippen molar-refractivity contribution < 1.29 is 33.9 Å². The normalized spacial score (nSPS) is 14.5. The molecule has 246 valence electrons. The second kappa shape index (κ2) is 20.2. The summed E-state index contributed by atoms with van der Waals surface area (Å²) in [6, 6.07) is -5.48. The van der Waals surface area contributed by atoms with Gasteiger partial charge >= 0.3 is 5.97 Å². The molecule has 0 aliphatic heterocycles. The molecule has 0 saturated heterocycles. The summed E-state index contributed by atoms with van der Waals surface area (Å²) in [5.41, 5.74) is 22.0. The van der Waals surface area contributed by atoms with Gasteiger partial charge in [-0.15, -0.1) is 0 Å². The van der Waals surface area contributed by atoms with Crippen LogP contribution in [0.2, 0.25) is 0 Å². The number of carbonyl (C=O) groups excluding carboxylic acids is 5. The molecule has 0 heterocycles. The molecular formula is C27H51N9O7. The van der Waals surface area contributed by atoms with Gasteiger partial charge in [0, 0.05) is 13.0 Å². The molecule has 0 aliphatic rings. The maximum absolute atomic E-state index is 13.4. The highest BCUT2D eigenvalue weighted by Gasteiger charge is 2.31. The third-order valence-corrected chi connectivity index (χ3v) is 6.21. The Morgan fingerprint density at radius 3 is 1.79 bits per heavy atom. The van der Waals surface area contributed by atoms with Crippen LogP contribution in [0.1, 0.15) is 73.1 Å². The van der Waals surface area contributed by atoms with Crippen molar-refractivity contribution >= 4 is 41.3 Å². The SMILES string of the molecule is CC(C)C[C@H](NC(=O)[C@H](CCCN=C(N)N)NC(=O)[C@H](C)NC(=O)[C@@H](N)CC(C)C)C(=O)NC(CC(=O)O)C(=O)CCN. The molecule has 0 aromatic heterocycles. The van der Waals surface area contributed by atoms with Gasteiger partial charge in [-0.3, -0.25) is 33.8 Å². The van der Waals surface area contributed by atoms with Crippen molar-refractivity contribution in [2.24, 2.45) is 39.8 Å². The van der Waals surface area contributed by atoms with Crippen LogP contribution in [0.15, 0.2) is 4.99 Å². The van der Waals surface area contributed by atoms with Crippen LogP contribution >= 0.6 is 0 Å². The van der Waals surface area contributed by atoms with Gasteiger partial charge in [-0.1, -0.05) is 27.7 Å². The van der Waals surface area contributed by atoms with Crippen LogP contribution in [-0.2, 0) is 28.8 Å². The standard InChI is InChI=1S/C27H51N9O7/c1-14(2)11-17(29)24(41)33-16(5)23(40)34-18(7-6-10-32-27(30)31)25(42)36-20(12-15(3)4)26(43)35-19(13-22(38)39)21(37)8-9-28/h14-20H,6-13,28-29H2,1-5H3,(H,33,41)(H,34,40)(H,35,43)(H,36,42)(H,38,39)(H4,30,31,32)/t16-,17-,18-,19?,20-/m0/s1. The van der Waals surface area contributed by atoms with E-state index in [2.05, 4.69) is 26.3 Å². The highest BCUT2D eigenvalue weighted by molar-refractivity contribution is 5.96. The molecule has 0 rings (SSSR count). The lowest BCUT2D eigenvalue weighted by Gasteiger charge is -2.26. The molecule has 0 aromatic carbocycles. The first-order valence-corrected chi connectivity index (χ1v) is 14.4. The van der Waals surface area contributed by atoms with E-state index in [1.165, 1.54) is 6.92 Å². The number of nitrogens with one attached hydrogen (secondary N) is 4.